The smallest absolute Gasteiger partial charge is 0.411 e. The minimum absolute atomic E-state index is 0.0881. The number of rotatable bonds is 11. The molecule has 2 aliphatic rings. The highest BCUT2D eigenvalue weighted by Crippen LogP contribution is 2.24. The van der Waals surface area contributed by atoms with Crippen molar-refractivity contribution >= 4 is 102 Å². The SMILES string of the molecule is Cc1cc2c(cc1C)[n+]([O-])c1cc(NC(=O)OCCN)ccc1[n+]2[O-].Cc1cc2c(cc1C)[n+]([O-])c1cc(NC(=O)OCCN3CCN(C)CC3)ccc1[n+]2[O-].Cc1cc2c(cc1C)[n+]([O-])c1cc(NC(=O)OCCN3CCOCC3)ccc1[n+]2[O-]. The number of fused-ring (bicyclic) bond motifs is 6. The number of aryl methyl sites for hydroxylation is 6. The number of nitrogens with zero attached hydrogens (tertiary/aromatic N) is 9. The summed E-state index contributed by atoms with van der Waals surface area (Å²) in [5, 5.41) is 84.5. The standard InChI is InChI=1S/C22H27N5O4.C21H24N4O5.C17H18N4O4/c1-15-12-19-20(13-16(15)2)27(30)21-14-17(4-5-18(21)26(19)29)23-22(28)31-11-10-25-8-6-24(3)7-9-25;1-14-11-18-19(12-15(14)2)25(28)20-13-16(3-4-17(20)24(18)27)22-21(26)30-10-7-23-5-8-29-9-6-23;1-10-7-14-15(8-11(10)2)21(24)16-9-12(3-4-13(16)20(14)23)19-17(22)25-6-5-18/h4-5,12-14H,6-11H2,1-3H3,(H,23,28);3-4,11-13H,5-10H2,1-2H3,(H,22,26);3-4,7-9H,5-6,18H2,1-2H3,(H,19,22). The van der Waals surface area contributed by atoms with E-state index < -0.39 is 18.3 Å². The number of ether oxygens (including phenoxy) is 4. The molecule has 2 aliphatic heterocycles. The van der Waals surface area contributed by atoms with Crippen molar-refractivity contribution in [2.24, 2.45) is 5.73 Å². The van der Waals surface area contributed by atoms with Gasteiger partial charge in [0.25, 0.3) is 66.2 Å². The number of morpholine rings is 1. The summed E-state index contributed by atoms with van der Waals surface area (Å²) in [5.74, 6) is 0. The predicted molar refractivity (Wildman–Crippen MR) is 322 cm³/mol. The van der Waals surface area contributed by atoms with Crippen LogP contribution in [-0.4, -0.2) is 132 Å². The van der Waals surface area contributed by atoms with E-state index in [0.717, 1.165) is 96.3 Å². The predicted octanol–water partition coefficient (Wildman–Crippen LogP) is 4.81. The first-order valence-corrected chi connectivity index (χ1v) is 28.0. The number of likely N-dealkylation sites (N-methyl/N-ethyl adjacent to an activating group) is 1. The molecule has 11 rings (SSSR count). The lowest BCUT2D eigenvalue weighted by molar-refractivity contribution is -0.591. The molecule has 0 saturated carbocycles. The number of nitrogens with two attached hydrogens (primary N) is 1. The second kappa shape index (κ2) is 26.6. The second-order valence-electron chi connectivity index (χ2n) is 21.3. The van der Waals surface area contributed by atoms with Crippen LogP contribution in [0.15, 0.2) is 91.0 Å². The molecule has 5 N–H and O–H groups in total. The van der Waals surface area contributed by atoms with Crippen molar-refractivity contribution in [3.05, 3.63) is 156 Å². The maximum Gasteiger partial charge on any atom is 0.411 e. The Bertz CT molecular complexity index is 4060. The van der Waals surface area contributed by atoms with Crippen molar-refractivity contribution in [3.63, 3.8) is 0 Å². The van der Waals surface area contributed by atoms with Gasteiger partial charge in [0, 0.05) is 132 Å². The van der Waals surface area contributed by atoms with Gasteiger partial charge in [-0.15, -0.1) is 0 Å². The van der Waals surface area contributed by atoms with Crippen molar-refractivity contribution in [1.82, 2.24) is 14.7 Å². The van der Waals surface area contributed by atoms with E-state index in [1.165, 1.54) is 42.5 Å². The molecule has 2 fully saturated rings. The molecule has 5 heterocycles. The Morgan fingerprint density at radius 1 is 0.419 bits per heavy atom. The highest BCUT2D eigenvalue weighted by molar-refractivity contribution is 5.90. The summed E-state index contributed by atoms with van der Waals surface area (Å²) in [5.41, 5.74) is 14.9. The van der Waals surface area contributed by atoms with E-state index in [0.29, 0.717) is 64.6 Å². The number of carbonyl (C=O) groups excluding carboxylic acids is 3. The molecule has 3 amide bonds. The van der Waals surface area contributed by atoms with E-state index in [1.54, 1.807) is 48.5 Å². The number of piperazine rings is 1. The van der Waals surface area contributed by atoms with Gasteiger partial charge < -0.3 is 60.8 Å². The van der Waals surface area contributed by atoms with Crippen LogP contribution in [-0.2, 0) is 18.9 Å². The fourth-order valence-electron chi connectivity index (χ4n) is 9.96. The van der Waals surface area contributed by atoms with Gasteiger partial charge in [-0.3, -0.25) is 25.8 Å². The average molecular weight is 1180 g/mol. The lowest BCUT2D eigenvalue weighted by Gasteiger charge is -2.31. The molecule has 0 spiro atoms. The summed E-state index contributed by atoms with van der Waals surface area (Å²) in [6.07, 6.45) is -1.87. The summed E-state index contributed by atoms with van der Waals surface area (Å²) in [7, 11) is 2.09. The Labute approximate surface area is 494 Å². The average Bonchev–Trinajstić information content (AvgIpc) is 0.862. The summed E-state index contributed by atoms with van der Waals surface area (Å²) in [4.78, 5) is 42.6. The number of benzene rings is 6. The summed E-state index contributed by atoms with van der Waals surface area (Å²) >= 11 is 0. The Kier molecular flexibility index (Phi) is 18.9. The minimum atomic E-state index is -0.676. The molecule has 86 heavy (non-hydrogen) atoms. The number of hydrogen-bond donors (Lipinski definition) is 4. The van der Waals surface area contributed by atoms with Crippen LogP contribution >= 0.6 is 0 Å². The van der Waals surface area contributed by atoms with Gasteiger partial charge in [0.1, 0.15) is 19.8 Å². The molecule has 9 aromatic rings. The third-order valence-corrected chi connectivity index (χ3v) is 15.4. The topological polar surface area (TPSA) is 322 Å². The molecule has 2 saturated heterocycles. The summed E-state index contributed by atoms with van der Waals surface area (Å²) < 4.78 is 25.0. The maximum atomic E-state index is 12.9. The fourth-order valence-corrected chi connectivity index (χ4v) is 9.96. The van der Waals surface area contributed by atoms with Crippen molar-refractivity contribution < 1.29 is 61.7 Å². The molecule has 0 aliphatic carbocycles. The fraction of sp³-hybridized carbons (Fsp3) is 0.350. The molecule has 0 bridgehead atoms. The summed E-state index contributed by atoms with van der Waals surface area (Å²) in [6.45, 7) is 20.4. The minimum Gasteiger partial charge on any atom is -0.617 e. The molecule has 3 aromatic heterocycles. The van der Waals surface area contributed by atoms with E-state index in [2.05, 4.69) is 37.7 Å². The van der Waals surface area contributed by atoms with Gasteiger partial charge in [0.2, 0.25) is 0 Å². The largest absolute Gasteiger partial charge is 0.617 e. The molecule has 452 valence electrons. The van der Waals surface area contributed by atoms with Crippen LogP contribution in [0.4, 0.5) is 31.4 Å². The highest BCUT2D eigenvalue weighted by atomic mass is 16.6. The lowest BCUT2D eigenvalue weighted by Crippen LogP contribution is -2.45. The van der Waals surface area contributed by atoms with Gasteiger partial charge in [0.15, 0.2) is 0 Å². The molecule has 6 aromatic carbocycles. The van der Waals surface area contributed by atoms with Crippen molar-refractivity contribution in [3.8, 4) is 0 Å². The van der Waals surface area contributed by atoms with E-state index in [-0.39, 0.29) is 76.0 Å². The van der Waals surface area contributed by atoms with Crippen LogP contribution in [0.25, 0.3) is 66.2 Å². The van der Waals surface area contributed by atoms with Gasteiger partial charge in [-0.1, -0.05) is 0 Å². The molecule has 0 unspecified atom stereocenters. The number of anilines is 3. The zero-order valence-electron chi connectivity index (χ0n) is 49.0. The Morgan fingerprint density at radius 3 is 0.988 bits per heavy atom. The van der Waals surface area contributed by atoms with Crippen molar-refractivity contribution in [1.29, 1.82) is 0 Å². The third-order valence-electron chi connectivity index (χ3n) is 15.4. The Balaban J connectivity index is 0.000000155. The van der Waals surface area contributed by atoms with E-state index >= 15 is 0 Å². The van der Waals surface area contributed by atoms with Gasteiger partial charge in [-0.2, -0.15) is 28.4 Å². The number of hydrogen-bond acceptors (Lipinski definition) is 17. The van der Waals surface area contributed by atoms with Crippen molar-refractivity contribution in [2.75, 3.05) is 115 Å². The van der Waals surface area contributed by atoms with Crippen LogP contribution in [0.1, 0.15) is 33.4 Å². The van der Waals surface area contributed by atoms with E-state index in [1.807, 2.05) is 41.5 Å². The Hall–Kier alpha value is -9.47. The molecular formula is C60H69N13O13. The van der Waals surface area contributed by atoms with Crippen LogP contribution < -0.4 is 50.1 Å². The number of aromatic nitrogens is 6. The van der Waals surface area contributed by atoms with Crippen LogP contribution in [0, 0.1) is 72.8 Å². The molecular weight excluding hydrogens is 1110 g/mol. The van der Waals surface area contributed by atoms with Gasteiger partial charge in [0.05, 0.1) is 30.3 Å². The maximum absolute atomic E-state index is 12.9. The number of amides is 3. The van der Waals surface area contributed by atoms with Crippen LogP contribution in [0.2, 0.25) is 0 Å². The second-order valence-corrected chi connectivity index (χ2v) is 21.3. The molecule has 26 nitrogen and oxygen atoms in total. The van der Waals surface area contributed by atoms with Crippen molar-refractivity contribution in [2.45, 2.75) is 41.5 Å². The van der Waals surface area contributed by atoms with E-state index in [9.17, 15) is 45.6 Å². The number of carbonyl (C=O) groups is 3. The first kappa shape index (κ1) is 61.1. The third kappa shape index (κ3) is 13.7. The Morgan fingerprint density at radius 2 is 0.686 bits per heavy atom. The highest BCUT2D eigenvalue weighted by Gasteiger charge is 2.27. The first-order valence-electron chi connectivity index (χ1n) is 28.0. The zero-order valence-corrected chi connectivity index (χ0v) is 49.0. The molecule has 0 atom stereocenters. The zero-order chi connectivity index (χ0) is 61.5. The van der Waals surface area contributed by atoms with Gasteiger partial charge in [-0.25, -0.2) is 14.4 Å². The summed E-state index contributed by atoms with van der Waals surface area (Å²) in [6, 6.07) is 23.9. The molecule has 0 radical (unpaired) electrons. The molecule has 26 heteroatoms. The van der Waals surface area contributed by atoms with Gasteiger partial charge >= 0.3 is 18.3 Å². The monoisotopic (exact) mass is 1180 g/mol. The number of nitrogens with one attached hydrogen (secondary N) is 3. The lowest BCUT2D eigenvalue weighted by atomic mass is 10.1. The van der Waals surface area contributed by atoms with Crippen LogP contribution in [0.3, 0.4) is 0 Å². The quantitative estimate of drug-likeness (QED) is 0.0584. The first-order chi connectivity index (χ1) is 41.2. The van der Waals surface area contributed by atoms with Crippen LogP contribution in [0.5, 0.6) is 0 Å². The van der Waals surface area contributed by atoms with Gasteiger partial charge in [-0.05, 0) is 100 Å². The normalized spacial score (nSPS) is 14.0. The van der Waals surface area contributed by atoms with E-state index in [4.69, 9.17) is 24.7 Å².